The topological polar surface area (TPSA) is 78.9 Å². The van der Waals surface area contributed by atoms with Crippen molar-refractivity contribution >= 4 is 16.1 Å². The molecule has 6 nitrogen and oxygen atoms in total. The highest BCUT2D eigenvalue weighted by molar-refractivity contribution is 7.87. The van der Waals surface area contributed by atoms with E-state index in [1.54, 1.807) is 19.1 Å². The number of benzene rings is 2. The summed E-state index contributed by atoms with van der Waals surface area (Å²) >= 11 is 0. The molecule has 0 N–H and O–H groups in total. The first-order chi connectivity index (χ1) is 11.3. The summed E-state index contributed by atoms with van der Waals surface area (Å²) in [6, 6.07) is 12.3. The normalized spacial score (nSPS) is 12.3. The van der Waals surface area contributed by atoms with E-state index < -0.39 is 22.2 Å². The second-order valence-electron chi connectivity index (χ2n) is 5.11. The van der Waals surface area contributed by atoms with Crippen LogP contribution in [0, 0.1) is 6.92 Å². The predicted octanol–water partition coefficient (Wildman–Crippen LogP) is 2.70. The molecule has 2 aromatic carbocycles. The Morgan fingerprint density at radius 2 is 1.50 bits per heavy atom. The van der Waals surface area contributed by atoms with Gasteiger partial charge in [-0.3, -0.25) is 0 Å². The molecule has 24 heavy (non-hydrogen) atoms. The Bertz CT molecular complexity index is 794. The van der Waals surface area contributed by atoms with Crippen molar-refractivity contribution in [3.05, 3.63) is 54.1 Å². The van der Waals surface area contributed by atoms with Crippen molar-refractivity contribution in [3.8, 4) is 11.5 Å². The minimum absolute atomic E-state index is 0.0766. The molecule has 0 spiro atoms. The zero-order chi connectivity index (χ0) is 17.7. The van der Waals surface area contributed by atoms with Crippen LogP contribution in [-0.2, 0) is 19.6 Å². The summed E-state index contributed by atoms with van der Waals surface area (Å²) in [5.41, 5.74) is 0.954. The van der Waals surface area contributed by atoms with Gasteiger partial charge in [0.05, 0.1) is 7.11 Å². The second kappa shape index (κ2) is 7.35. The molecular formula is C17H18O6S. The summed E-state index contributed by atoms with van der Waals surface area (Å²) in [5.74, 6) is 0.0407. The Morgan fingerprint density at radius 1 is 0.958 bits per heavy atom. The van der Waals surface area contributed by atoms with Crippen molar-refractivity contribution in [2.45, 2.75) is 24.8 Å². The van der Waals surface area contributed by atoms with E-state index in [1.807, 2.05) is 6.92 Å². The van der Waals surface area contributed by atoms with E-state index in [0.717, 1.165) is 5.56 Å². The number of aryl methyl sites for hydroxylation is 1. The molecule has 0 unspecified atom stereocenters. The van der Waals surface area contributed by atoms with E-state index in [2.05, 4.69) is 4.74 Å². The molecule has 0 aliphatic rings. The standard InChI is InChI=1S/C17H18O6S/c1-12-4-10-16(11-5-12)24(19,20)23-15-8-6-14(7-9-15)22-13(2)17(18)21-3/h4-11,13H,1-3H3/t13-/m1/s1. The molecule has 128 valence electrons. The average molecular weight is 350 g/mol. The molecule has 0 aliphatic carbocycles. The highest BCUT2D eigenvalue weighted by Gasteiger charge is 2.17. The highest BCUT2D eigenvalue weighted by atomic mass is 32.2. The third-order valence-electron chi connectivity index (χ3n) is 3.19. The molecule has 0 amide bonds. The lowest BCUT2D eigenvalue weighted by Crippen LogP contribution is -2.24. The molecule has 0 radical (unpaired) electrons. The van der Waals surface area contributed by atoms with Crippen molar-refractivity contribution in [1.82, 2.24) is 0 Å². The summed E-state index contributed by atoms with van der Waals surface area (Å²) in [5, 5.41) is 0. The molecule has 0 saturated heterocycles. The number of hydrogen-bond donors (Lipinski definition) is 0. The maximum Gasteiger partial charge on any atom is 0.346 e. The molecule has 0 bridgehead atoms. The second-order valence-corrected chi connectivity index (χ2v) is 6.65. The Labute approximate surface area is 141 Å². The monoisotopic (exact) mass is 350 g/mol. The molecular weight excluding hydrogens is 332 g/mol. The van der Waals surface area contributed by atoms with Gasteiger partial charge in [0, 0.05) is 0 Å². The van der Waals surface area contributed by atoms with Crippen LogP contribution >= 0.6 is 0 Å². The van der Waals surface area contributed by atoms with Crippen molar-refractivity contribution in [2.24, 2.45) is 0 Å². The number of methoxy groups -OCH3 is 1. The van der Waals surface area contributed by atoms with Gasteiger partial charge >= 0.3 is 16.1 Å². The quantitative estimate of drug-likeness (QED) is 0.589. The lowest BCUT2D eigenvalue weighted by Gasteiger charge is -2.13. The molecule has 0 fully saturated rings. The zero-order valence-electron chi connectivity index (χ0n) is 13.6. The Hall–Kier alpha value is -2.54. The highest BCUT2D eigenvalue weighted by Crippen LogP contribution is 2.22. The first kappa shape index (κ1) is 17.8. The van der Waals surface area contributed by atoms with Gasteiger partial charge in [-0.1, -0.05) is 17.7 Å². The fourth-order valence-electron chi connectivity index (χ4n) is 1.87. The molecule has 2 rings (SSSR count). The van der Waals surface area contributed by atoms with Crippen molar-refractivity contribution in [1.29, 1.82) is 0 Å². The molecule has 0 heterocycles. The van der Waals surface area contributed by atoms with Crippen LogP contribution in [0.5, 0.6) is 11.5 Å². The van der Waals surface area contributed by atoms with Gasteiger partial charge in [0.1, 0.15) is 16.4 Å². The Morgan fingerprint density at radius 3 is 2.04 bits per heavy atom. The van der Waals surface area contributed by atoms with E-state index in [0.29, 0.717) is 5.75 Å². The molecule has 0 saturated carbocycles. The van der Waals surface area contributed by atoms with E-state index in [9.17, 15) is 13.2 Å². The lowest BCUT2D eigenvalue weighted by molar-refractivity contribution is -0.147. The summed E-state index contributed by atoms with van der Waals surface area (Å²) in [7, 11) is -2.63. The third kappa shape index (κ3) is 4.48. The minimum atomic E-state index is -3.90. The Kier molecular flexibility index (Phi) is 5.46. The molecule has 0 aliphatic heterocycles. The molecule has 0 aromatic heterocycles. The number of hydrogen-bond acceptors (Lipinski definition) is 6. The smallest absolute Gasteiger partial charge is 0.346 e. The maximum atomic E-state index is 12.2. The lowest BCUT2D eigenvalue weighted by atomic mass is 10.2. The summed E-state index contributed by atoms with van der Waals surface area (Å²) in [6.07, 6.45) is -0.766. The van der Waals surface area contributed by atoms with Gasteiger partial charge in [-0.05, 0) is 50.2 Å². The maximum absolute atomic E-state index is 12.2. The van der Waals surface area contributed by atoms with Crippen LogP contribution in [0.3, 0.4) is 0 Å². The molecule has 7 heteroatoms. The van der Waals surface area contributed by atoms with Crippen molar-refractivity contribution in [3.63, 3.8) is 0 Å². The van der Waals surface area contributed by atoms with Crippen LogP contribution in [0.15, 0.2) is 53.4 Å². The SMILES string of the molecule is COC(=O)[C@@H](C)Oc1ccc(OS(=O)(=O)c2ccc(C)cc2)cc1. The first-order valence-electron chi connectivity index (χ1n) is 7.17. The minimum Gasteiger partial charge on any atom is -0.479 e. The van der Waals surface area contributed by atoms with Crippen LogP contribution in [0.2, 0.25) is 0 Å². The predicted molar refractivity (Wildman–Crippen MR) is 87.5 cm³/mol. The van der Waals surface area contributed by atoms with Gasteiger partial charge in [-0.25, -0.2) is 4.79 Å². The number of carbonyl (C=O) groups excluding carboxylic acids is 1. The van der Waals surface area contributed by atoms with Crippen LogP contribution in [0.4, 0.5) is 0 Å². The number of ether oxygens (including phenoxy) is 2. The van der Waals surface area contributed by atoms with Gasteiger partial charge in [-0.15, -0.1) is 0 Å². The van der Waals surface area contributed by atoms with Gasteiger partial charge in [0.15, 0.2) is 6.10 Å². The zero-order valence-corrected chi connectivity index (χ0v) is 14.4. The molecule has 2 aromatic rings. The fraction of sp³-hybridized carbons (Fsp3) is 0.235. The van der Waals surface area contributed by atoms with Gasteiger partial charge < -0.3 is 13.7 Å². The summed E-state index contributed by atoms with van der Waals surface area (Å²) < 4.78 is 39.4. The number of rotatable bonds is 6. The van der Waals surface area contributed by atoms with Crippen LogP contribution < -0.4 is 8.92 Å². The van der Waals surface area contributed by atoms with Crippen molar-refractivity contribution < 1.29 is 26.9 Å². The number of esters is 1. The Balaban J connectivity index is 2.08. The first-order valence-corrected chi connectivity index (χ1v) is 8.58. The molecule has 1 atom stereocenters. The number of carbonyl (C=O) groups is 1. The van der Waals surface area contributed by atoms with Crippen LogP contribution in [0.1, 0.15) is 12.5 Å². The van der Waals surface area contributed by atoms with E-state index in [4.69, 9.17) is 8.92 Å². The van der Waals surface area contributed by atoms with Crippen molar-refractivity contribution in [2.75, 3.05) is 7.11 Å². The van der Waals surface area contributed by atoms with Gasteiger partial charge in [0.25, 0.3) is 0 Å². The third-order valence-corrected chi connectivity index (χ3v) is 4.45. The summed E-state index contributed by atoms with van der Waals surface area (Å²) in [4.78, 5) is 11.4. The summed E-state index contributed by atoms with van der Waals surface area (Å²) in [6.45, 7) is 3.42. The fourth-order valence-corrected chi connectivity index (χ4v) is 2.80. The van der Waals surface area contributed by atoms with E-state index >= 15 is 0 Å². The van der Waals surface area contributed by atoms with E-state index in [-0.39, 0.29) is 10.6 Å². The van der Waals surface area contributed by atoms with Gasteiger partial charge in [-0.2, -0.15) is 8.42 Å². The largest absolute Gasteiger partial charge is 0.479 e. The van der Waals surface area contributed by atoms with Gasteiger partial charge in [0.2, 0.25) is 0 Å². The average Bonchev–Trinajstić information content (AvgIpc) is 2.56. The van der Waals surface area contributed by atoms with E-state index in [1.165, 1.54) is 43.5 Å². The van der Waals surface area contributed by atoms with Crippen LogP contribution in [0.25, 0.3) is 0 Å². The van der Waals surface area contributed by atoms with Crippen LogP contribution in [-0.4, -0.2) is 27.6 Å².